The summed E-state index contributed by atoms with van der Waals surface area (Å²) in [7, 11) is -4.28. The van der Waals surface area contributed by atoms with E-state index < -0.39 is 38.7 Å². The van der Waals surface area contributed by atoms with Gasteiger partial charge in [0.05, 0.1) is 16.7 Å². The molecule has 0 amide bonds. The molecule has 18 heteroatoms. The van der Waals surface area contributed by atoms with Crippen molar-refractivity contribution >= 4 is 50.6 Å². The molecule has 202 valence electrons. The lowest BCUT2D eigenvalue weighted by Crippen LogP contribution is -2.21. The minimum absolute atomic E-state index is 0.0505. The lowest BCUT2D eigenvalue weighted by Gasteiger charge is -2.14. The van der Waals surface area contributed by atoms with E-state index in [1.165, 1.54) is 34.5 Å². The summed E-state index contributed by atoms with van der Waals surface area (Å²) in [4.78, 5) is 12.0. The molecule has 2 heterocycles. The molecule has 0 saturated carbocycles. The predicted octanol–water partition coefficient (Wildman–Crippen LogP) is 5.27. The van der Waals surface area contributed by atoms with E-state index >= 15 is 0 Å². The lowest BCUT2D eigenvalue weighted by atomic mass is 10.1. The fourth-order valence-electron chi connectivity index (χ4n) is 2.68. The van der Waals surface area contributed by atoms with Crippen LogP contribution in [0.3, 0.4) is 0 Å². The molecule has 4 aromatic rings. The van der Waals surface area contributed by atoms with Gasteiger partial charge in [-0.1, -0.05) is 11.6 Å². The number of hydrogen-bond donors (Lipinski definition) is 4. The highest BCUT2D eigenvalue weighted by molar-refractivity contribution is 7.92. The molecule has 0 aliphatic heterocycles. The smallest absolute Gasteiger partial charge is 0.475 e. The van der Waals surface area contributed by atoms with Crippen molar-refractivity contribution in [3.05, 3.63) is 64.1 Å². The maximum Gasteiger partial charge on any atom is 0.490 e. The minimum Gasteiger partial charge on any atom is -0.475 e. The zero-order chi connectivity index (χ0) is 28.3. The summed E-state index contributed by atoms with van der Waals surface area (Å²) in [6.07, 6.45) is -3.71. The molecule has 0 atom stereocenters. The maximum atomic E-state index is 14.7. The summed E-state index contributed by atoms with van der Waals surface area (Å²) in [6, 6.07) is 5.34. The molecule has 0 fully saturated rings. The zero-order valence-electron chi connectivity index (χ0n) is 18.3. The van der Waals surface area contributed by atoms with E-state index in [0.29, 0.717) is 5.56 Å². The van der Waals surface area contributed by atoms with Crippen LogP contribution in [0, 0.1) is 11.6 Å². The fraction of sp³-hybridized carbons (Fsp3) is 0.0500. The summed E-state index contributed by atoms with van der Waals surface area (Å²) in [5, 5.41) is 14.7. The molecule has 2 aromatic heterocycles. The predicted molar refractivity (Wildman–Crippen MR) is 126 cm³/mol. The lowest BCUT2D eigenvalue weighted by molar-refractivity contribution is -0.192. The van der Waals surface area contributed by atoms with Crippen molar-refractivity contribution in [2.24, 2.45) is 0 Å². The van der Waals surface area contributed by atoms with Gasteiger partial charge in [0.15, 0.2) is 5.82 Å². The third kappa shape index (κ3) is 6.87. The van der Waals surface area contributed by atoms with Crippen molar-refractivity contribution in [3.8, 4) is 22.6 Å². The number of halogens is 6. The first-order valence-corrected chi connectivity index (χ1v) is 12.5. The van der Waals surface area contributed by atoms with Crippen LogP contribution in [0.2, 0.25) is 5.02 Å². The van der Waals surface area contributed by atoms with Crippen LogP contribution >= 0.6 is 22.9 Å². The van der Waals surface area contributed by atoms with Crippen LogP contribution in [0.25, 0.3) is 11.1 Å². The first kappa shape index (κ1) is 28.6. The Morgan fingerprint density at radius 2 is 1.84 bits per heavy atom. The first-order chi connectivity index (χ1) is 17.7. The normalized spacial score (nSPS) is 11.4. The van der Waals surface area contributed by atoms with Crippen LogP contribution in [-0.4, -0.2) is 40.9 Å². The average Bonchev–Trinajstić information content (AvgIpc) is 3.48. The number of hydrogen-bond acceptors (Lipinski definition) is 8. The summed E-state index contributed by atoms with van der Waals surface area (Å²) < 4.78 is 93.0. The van der Waals surface area contributed by atoms with Crippen LogP contribution in [0.1, 0.15) is 0 Å². The molecule has 38 heavy (non-hydrogen) atoms. The van der Waals surface area contributed by atoms with Gasteiger partial charge in [-0.3, -0.25) is 9.82 Å². The number of H-pyrrole nitrogens is 1. The van der Waals surface area contributed by atoms with Gasteiger partial charge in [-0.05, 0) is 24.3 Å². The van der Waals surface area contributed by atoms with Crippen LogP contribution in [0.5, 0.6) is 11.5 Å². The topological polar surface area (TPSA) is 160 Å². The molecule has 0 bridgehead atoms. The highest BCUT2D eigenvalue weighted by Gasteiger charge is 2.38. The maximum absolute atomic E-state index is 14.7. The number of nitrogens with two attached hydrogens (primary N) is 1. The van der Waals surface area contributed by atoms with Crippen LogP contribution in [0.15, 0.2) is 52.3 Å². The molecule has 2 aromatic carbocycles. The van der Waals surface area contributed by atoms with E-state index in [9.17, 15) is 30.4 Å². The molecule has 0 aliphatic rings. The third-order valence-corrected chi connectivity index (χ3v) is 6.56. The number of carboxylic acids is 1. The average molecular weight is 598 g/mol. The van der Waals surface area contributed by atoms with E-state index in [1.807, 2.05) is 0 Å². The molecular weight excluding hydrogens is 585 g/mol. The monoisotopic (exact) mass is 597 g/mol. The number of ether oxygens (including phenoxy) is 1. The second kappa shape index (κ2) is 11.2. The SMILES string of the molecule is Nc1[nH]ncc1-c1cc(F)ccc1Oc1cc(F)c(S(=O)(=O)Nc2cscn2)cc1Cl.O=C(O)C(F)(F)F. The van der Waals surface area contributed by atoms with Crippen molar-refractivity contribution in [2.75, 3.05) is 10.5 Å². The number of nitrogens with one attached hydrogen (secondary N) is 2. The Hall–Kier alpha value is -3.96. The molecular formula is C20H13ClF5N5O5S2. The number of alkyl halides is 3. The second-order valence-electron chi connectivity index (χ2n) is 6.94. The second-order valence-corrected chi connectivity index (χ2v) is 9.71. The Labute approximate surface area is 218 Å². The number of aliphatic carboxylic acids is 1. The largest absolute Gasteiger partial charge is 0.490 e. The van der Waals surface area contributed by atoms with Crippen molar-refractivity contribution in [1.29, 1.82) is 0 Å². The number of carbonyl (C=O) groups is 1. The van der Waals surface area contributed by atoms with E-state index in [0.717, 1.165) is 24.3 Å². The van der Waals surface area contributed by atoms with Crippen molar-refractivity contribution in [2.45, 2.75) is 11.1 Å². The standard InChI is InChI=1S/C18H12ClF2N5O3S2.C2HF3O2/c19-12-4-16(31(27,28)26-17-7-30-8-23-17)13(21)5-15(12)29-14-2-1-9(20)3-10(14)11-6-24-25-18(11)22;3-2(4,5)1(6)7/h1-8,26H,(H3,22,24,25);(H,6,7). The zero-order valence-corrected chi connectivity index (χ0v) is 20.6. The minimum atomic E-state index is -5.08. The van der Waals surface area contributed by atoms with E-state index in [2.05, 4.69) is 19.9 Å². The molecule has 0 unspecified atom stereocenters. The van der Waals surface area contributed by atoms with E-state index in [4.69, 9.17) is 32.0 Å². The van der Waals surface area contributed by atoms with E-state index in [-0.39, 0.29) is 33.7 Å². The van der Waals surface area contributed by atoms with Gasteiger partial charge in [0.1, 0.15) is 33.8 Å². The van der Waals surface area contributed by atoms with Gasteiger partial charge in [0, 0.05) is 22.6 Å². The van der Waals surface area contributed by atoms with Crippen LogP contribution in [-0.2, 0) is 14.8 Å². The van der Waals surface area contributed by atoms with Gasteiger partial charge in [0.25, 0.3) is 10.0 Å². The number of rotatable bonds is 6. The van der Waals surface area contributed by atoms with Crippen molar-refractivity contribution in [3.63, 3.8) is 0 Å². The Balaban J connectivity index is 0.000000505. The number of thiazole rings is 1. The molecule has 10 nitrogen and oxygen atoms in total. The number of benzene rings is 2. The number of nitrogen functional groups attached to an aromatic ring is 1. The Morgan fingerprint density at radius 1 is 1.16 bits per heavy atom. The number of nitrogens with zero attached hydrogens (tertiary/aromatic N) is 2. The highest BCUT2D eigenvalue weighted by Crippen LogP contribution is 2.39. The third-order valence-electron chi connectivity index (χ3n) is 4.31. The fourth-order valence-corrected chi connectivity index (χ4v) is 4.59. The Bertz CT molecular complexity index is 1560. The number of anilines is 2. The van der Waals surface area contributed by atoms with Crippen LogP contribution in [0.4, 0.5) is 33.6 Å². The molecule has 0 aliphatic carbocycles. The van der Waals surface area contributed by atoms with Gasteiger partial charge in [-0.15, -0.1) is 11.3 Å². The van der Waals surface area contributed by atoms with Gasteiger partial charge in [0.2, 0.25) is 0 Å². The van der Waals surface area contributed by atoms with Crippen molar-refractivity contribution in [1.82, 2.24) is 15.2 Å². The number of aromatic nitrogens is 3. The number of carboxylic acid groups (broad SMARTS) is 1. The Morgan fingerprint density at radius 3 is 2.39 bits per heavy atom. The van der Waals surface area contributed by atoms with Crippen LogP contribution < -0.4 is 15.2 Å². The molecule has 5 N–H and O–H groups in total. The Kier molecular flexibility index (Phi) is 8.43. The molecule has 4 rings (SSSR count). The summed E-state index contributed by atoms with van der Waals surface area (Å²) in [5.74, 6) is -4.28. The quantitative estimate of drug-likeness (QED) is 0.219. The number of sulfonamides is 1. The summed E-state index contributed by atoms with van der Waals surface area (Å²) in [6.45, 7) is 0. The number of aromatic amines is 1. The van der Waals surface area contributed by atoms with Gasteiger partial charge in [-0.25, -0.2) is 27.0 Å². The summed E-state index contributed by atoms with van der Waals surface area (Å²) >= 11 is 7.33. The molecule has 0 saturated heterocycles. The van der Waals surface area contributed by atoms with Gasteiger partial charge >= 0.3 is 12.1 Å². The van der Waals surface area contributed by atoms with E-state index in [1.54, 1.807) is 0 Å². The van der Waals surface area contributed by atoms with Gasteiger partial charge in [-0.2, -0.15) is 18.3 Å². The molecule has 0 radical (unpaired) electrons. The first-order valence-electron chi connectivity index (χ1n) is 9.66. The molecule has 0 spiro atoms. The summed E-state index contributed by atoms with van der Waals surface area (Å²) in [5.41, 5.74) is 7.82. The highest BCUT2D eigenvalue weighted by atomic mass is 35.5. The van der Waals surface area contributed by atoms with Gasteiger partial charge < -0.3 is 15.6 Å². The van der Waals surface area contributed by atoms with Crippen molar-refractivity contribution < 1.29 is 45.0 Å².